The summed E-state index contributed by atoms with van der Waals surface area (Å²) in [5.74, 6) is 1.86. The minimum Gasteiger partial charge on any atom is -0.327 e. The van der Waals surface area contributed by atoms with Gasteiger partial charge < -0.3 is 5.73 Å². The summed E-state index contributed by atoms with van der Waals surface area (Å²) in [4.78, 5) is 0. The second kappa shape index (κ2) is 3.81. The van der Waals surface area contributed by atoms with Gasteiger partial charge in [-0.15, -0.1) is 0 Å². The summed E-state index contributed by atoms with van der Waals surface area (Å²) >= 11 is 0. The predicted octanol–water partition coefficient (Wildman–Crippen LogP) is 0.939. The van der Waals surface area contributed by atoms with Crippen molar-refractivity contribution in [3.63, 3.8) is 0 Å². The molecule has 2 rings (SSSR count). The van der Waals surface area contributed by atoms with Gasteiger partial charge in [-0.1, -0.05) is 6.42 Å². The van der Waals surface area contributed by atoms with E-state index in [1.165, 1.54) is 19.3 Å². The van der Waals surface area contributed by atoms with E-state index in [1.807, 2.05) is 0 Å². The van der Waals surface area contributed by atoms with Gasteiger partial charge in [-0.3, -0.25) is 0 Å². The normalized spacial score (nSPS) is 30.9. The lowest BCUT2D eigenvalue weighted by Crippen LogP contribution is -2.43. The zero-order valence-electron chi connectivity index (χ0n) is 8.48. The van der Waals surface area contributed by atoms with Crippen LogP contribution >= 0.6 is 0 Å². The fourth-order valence-corrected chi connectivity index (χ4v) is 4.03. The molecule has 2 N–H and O–H groups in total. The number of hydrogen-bond acceptors (Lipinski definition) is 3. The van der Waals surface area contributed by atoms with E-state index in [4.69, 9.17) is 5.73 Å². The molecule has 1 atom stereocenters. The molecule has 4 heteroatoms. The lowest BCUT2D eigenvalue weighted by atomic mass is 9.74. The van der Waals surface area contributed by atoms with E-state index in [9.17, 15) is 8.42 Å². The fourth-order valence-electron chi connectivity index (χ4n) is 2.50. The molecule has 1 saturated heterocycles. The lowest BCUT2D eigenvalue weighted by Gasteiger charge is -2.37. The molecule has 0 amide bonds. The minimum absolute atomic E-state index is 0.263. The molecule has 1 aliphatic heterocycles. The van der Waals surface area contributed by atoms with Crippen LogP contribution in [-0.2, 0) is 9.84 Å². The summed E-state index contributed by atoms with van der Waals surface area (Å²) in [5.41, 5.74) is 6.15. The van der Waals surface area contributed by atoms with Crippen LogP contribution in [0.5, 0.6) is 0 Å². The van der Waals surface area contributed by atoms with Gasteiger partial charge in [-0.05, 0) is 37.5 Å². The summed E-state index contributed by atoms with van der Waals surface area (Å²) < 4.78 is 22.5. The Balaban J connectivity index is 1.88. The number of rotatable bonds is 2. The Kier molecular flexibility index (Phi) is 2.84. The van der Waals surface area contributed by atoms with Crippen molar-refractivity contribution in [1.29, 1.82) is 0 Å². The third-order valence-corrected chi connectivity index (χ3v) is 5.55. The minimum atomic E-state index is -2.72. The highest BCUT2D eigenvalue weighted by molar-refractivity contribution is 7.91. The van der Waals surface area contributed by atoms with Crippen LogP contribution in [0.15, 0.2) is 0 Å². The van der Waals surface area contributed by atoms with E-state index in [2.05, 4.69) is 0 Å². The smallest absolute Gasteiger partial charge is 0.150 e. The molecule has 2 fully saturated rings. The largest absolute Gasteiger partial charge is 0.327 e. The van der Waals surface area contributed by atoms with Crippen molar-refractivity contribution in [2.45, 2.75) is 38.1 Å². The van der Waals surface area contributed by atoms with Crippen molar-refractivity contribution in [2.75, 3.05) is 11.5 Å². The summed E-state index contributed by atoms with van der Waals surface area (Å²) in [6.07, 6.45) is 5.40. The average Bonchev–Trinajstić information content (AvgIpc) is 2.00. The van der Waals surface area contributed by atoms with Crippen molar-refractivity contribution in [3.8, 4) is 0 Å². The molecule has 82 valence electrons. The maximum absolute atomic E-state index is 11.2. The first-order chi connectivity index (χ1) is 6.58. The zero-order valence-corrected chi connectivity index (χ0v) is 9.30. The molecule has 1 aliphatic carbocycles. The molecule has 0 radical (unpaired) electrons. The molecule has 0 aromatic rings. The van der Waals surface area contributed by atoms with Gasteiger partial charge in [0, 0.05) is 6.04 Å². The number of hydrogen-bond donors (Lipinski definition) is 1. The van der Waals surface area contributed by atoms with Gasteiger partial charge in [0.25, 0.3) is 0 Å². The Morgan fingerprint density at radius 2 is 1.50 bits per heavy atom. The lowest BCUT2D eigenvalue weighted by molar-refractivity contribution is 0.199. The summed E-state index contributed by atoms with van der Waals surface area (Å²) in [6.45, 7) is 0. The van der Waals surface area contributed by atoms with Gasteiger partial charge in [-0.25, -0.2) is 8.42 Å². The van der Waals surface area contributed by atoms with Crippen LogP contribution in [0.25, 0.3) is 0 Å². The molecular formula is C10H19NO2S. The second-order valence-corrected chi connectivity index (χ2v) is 7.06. The molecule has 2 aliphatic rings. The molecule has 3 nitrogen and oxygen atoms in total. The van der Waals surface area contributed by atoms with E-state index in [0.717, 1.165) is 12.8 Å². The van der Waals surface area contributed by atoms with Gasteiger partial charge >= 0.3 is 0 Å². The Labute approximate surface area is 86.0 Å². The topological polar surface area (TPSA) is 60.2 Å². The van der Waals surface area contributed by atoms with Crippen molar-refractivity contribution in [2.24, 2.45) is 17.6 Å². The van der Waals surface area contributed by atoms with E-state index in [0.29, 0.717) is 23.3 Å². The van der Waals surface area contributed by atoms with Crippen LogP contribution in [0.3, 0.4) is 0 Å². The summed E-state index contributed by atoms with van der Waals surface area (Å²) in [6, 6.07) is 0.263. The van der Waals surface area contributed by atoms with Crippen LogP contribution < -0.4 is 5.73 Å². The first-order valence-electron chi connectivity index (χ1n) is 5.54. The quantitative estimate of drug-likeness (QED) is 0.749. The molecule has 1 heterocycles. The molecule has 0 aromatic heterocycles. The van der Waals surface area contributed by atoms with Gasteiger partial charge in [0.1, 0.15) is 9.84 Å². The Morgan fingerprint density at radius 3 is 1.93 bits per heavy atom. The summed E-state index contributed by atoms with van der Waals surface area (Å²) in [7, 11) is -2.72. The molecule has 1 saturated carbocycles. The van der Waals surface area contributed by atoms with E-state index in [-0.39, 0.29) is 6.04 Å². The third-order valence-electron chi connectivity index (χ3n) is 3.84. The van der Waals surface area contributed by atoms with Crippen LogP contribution in [0, 0.1) is 11.8 Å². The Bertz CT molecular complexity index is 281. The van der Waals surface area contributed by atoms with Gasteiger partial charge in [-0.2, -0.15) is 0 Å². The molecular weight excluding hydrogens is 198 g/mol. The Morgan fingerprint density at radius 1 is 1.00 bits per heavy atom. The molecule has 0 spiro atoms. The molecule has 14 heavy (non-hydrogen) atoms. The van der Waals surface area contributed by atoms with Crippen LogP contribution in [0.4, 0.5) is 0 Å². The fraction of sp³-hybridized carbons (Fsp3) is 1.00. The molecule has 0 bridgehead atoms. The van der Waals surface area contributed by atoms with Crippen molar-refractivity contribution in [1.82, 2.24) is 0 Å². The number of nitrogens with two attached hydrogens (primary N) is 1. The van der Waals surface area contributed by atoms with Gasteiger partial charge in [0.05, 0.1) is 11.5 Å². The van der Waals surface area contributed by atoms with E-state index in [1.54, 1.807) is 0 Å². The van der Waals surface area contributed by atoms with Gasteiger partial charge in [0.15, 0.2) is 0 Å². The highest BCUT2D eigenvalue weighted by atomic mass is 32.2. The maximum atomic E-state index is 11.2. The highest BCUT2D eigenvalue weighted by Crippen LogP contribution is 2.35. The summed E-state index contributed by atoms with van der Waals surface area (Å²) in [5, 5.41) is 0. The van der Waals surface area contributed by atoms with Crippen LogP contribution in [-0.4, -0.2) is 26.0 Å². The van der Waals surface area contributed by atoms with Crippen LogP contribution in [0.1, 0.15) is 32.1 Å². The van der Waals surface area contributed by atoms with Gasteiger partial charge in [0.2, 0.25) is 0 Å². The third kappa shape index (κ3) is 2.11. The Hall–Kier alpha value is -0.0900. The SMILES string of the molecule is NC(C1CCC1)C1CCS(=O)(=O)CC1. The maximum Gasteiger partial charge on any atom is 0.150 e. The highest BCUT2D eigenvalue weighted by Gasteiger charge is 2.34. The van der Waals surface area contributed by atoms with Crippen molar-refractivity contribution < 1.29 is 8.42 Å². The monoisotopic (exact) mass is 217 g/mol. The van der Waals surface area contributed by atoms with Crippen molar-refractivity contribution in [3.05, 3.63) is 0 Å². The predicted molar refractivity (Wildman–Crippen MR) is 56.7 cm³/mol. The molecule has 0 aromatic carbocycles. The standard InChI is InChI=1S/C10H19NO2S/c11-10(8-2-1-3-8)9-4-6-14(12,13)7-5-9/h8-10H,1-7,11H2. The van der Waals surface area contributed by atoms with E-state index < -0.39 is 9.84 Å². The average molecular weight is 217 g/mol. The second-order valence-electron chi connectivity index (χ2n) is 4.76. The van der Waals surface area contributed by atoms with Crippen LogP contribution in [0.2, 0.25) is 0 Å². The first-order valence-corrected chi connectivity index (χ1v) is 7.37. The zero-order chi connectivity index (χ0) is 10.2. The number of sulfone groups is 1. The van der Waals surface area contributed by atoms with E-state index >= 15 is 0 Å². The van der Waals surface area contributed by atoms with Crippen molar-refractivity contribution >= 4 is 9.84 Å². The molecule has 1 unspecified atom stereocenters. The first kappa shape index (κ1) is 10.4.